The van der Waals surface area contributed by atoms with Crippen molar-refractivity contribution in [1.29, 1.82) is 0 Å². The third-order valence-electron chi connectivity index (χ3n) is 7.58. The maximum atomic E-state index is 13.9. The largest absolute Gasteiger partial charge is 0.338 e. The van der Waals surface area contributed by atoms with Crippen molar-refractivity contribution in [3.05, 3.63) is 71.9 Å². The lowest BCUT2D eigenvalue weighted by molar-refractivity contribution is 0.0590. The Bertz CT molecular complexity index is 1170. The lowest BCUT2D eigenvalue weighted by atomic mass is 9.99. The number of amides is 1. The summed E-state index contributed by atoms with van der Waals surface area (Å²) in [6.07, 6.45) is 7.78. The van der Waals surface area contributed by atoms with Crippen molar-refractivity contribution in [2.75, 3.05) is 37.6 Å². The van der Waals surface area contributed by atoms with E-state index >= 15 is 0 Å². The third kappa shape index (κ3) is 5.29. The topological polar surface area (TPSA) is 52.6 Å². The molecule has 6 heteroatoms. The van der Waals surface area contributed by atoms with Gasteiger partial charge >= 0.3 is 0 Å². The highest BCUT2D eigenvalue weighted by Gasteiger charge is 2.30. The Morgan fingerprint density at radius 2 is 1.72 bits per heavy atom. The summed E-state index contributed by atoms with van der Waals surface area (Å²) in [6, 6.07) is 19.0. The van der Waals surface area contributed by atoms with Crippen LogP contribution in [0, 0.1) is 6.92 Å². The third-order valence-corrected chi connectivity index (χ3v) is 7.58. The van der Waals surface area contributed by atoms with Gasteiger partial charge in [-0.25, -0.2) is 9.97 Å². The molecule has 2 aliphatic heterocycles. The fourth-order valence-corrected chi connectivity index (χ4v) is 5.59. The van der Waals surface area contributed by atoms with Gasteiger partial charge in [0.2, 0.25) is 0 Å². The van der Waals surface area contributed by atoms with Crippen molar-refractivity contribution in [3.8, 4) is 11.4 Å². The Balaban J connectivity index is 1.44. The first-order valence-corrected chi connectivity index (χ1v) is 13.4. The number of anilines is 2. The summed E-state index contributed by atoms with van der Waals surface area (Å²) in [5, 5.41) is 0. The van der Waals surface area contributed by atoms with Gasteiger partial charge in [0.1, 0.15) is 11.4 Å². The molecule has 0 unspecified atom stereocenters. The zero-order valence-corrected chi connectivity index (χ0v) is 21.6. The van der Waals surface area contributed by atoms with Crippen LogP contribution >= 0.6 is 0 Å². The average Bonchev–Trinajstić information content (AvgIpc) is 2.94. The van der Waals surface area contributed by atoms with Crippen molar-refractivity contribution in [2.45, 2.75) is 52.0 Å². The van der Waals surface area contributed by atoms with Crippen molar-refractivity contribution < 1.29 is 4.79 Å². The summed E-state index contributed by atoms with van der Waals surface area (Å²) in [5.41, 5.74) is 3.74. The fraction of sp³-hybridized carbons (Fsp3) is 0.433. The van der Waals surface area contributed by atoms with E-state index in [4.69, 9.17) is 4.98 Å². The molecule has 3 aromatic rings. The van der Waals surface area contributed by atoms with E-state index in [1.54, 1.807) is 6.20 Å². The molecule has 1 aromatic heterocycles. The standard InChI is InChI=1S/C30H37N5O/c1-3-35(26-14-10-11-23(2)21-26)29-27(22-31-28(32-29)24-12-6-4-7-13-24)30(36)34-19-15-25(16-20-34)33-17-8-5-9-18-33/h4,6-7,10-14,21-22,25H,3,5,8-9,15-20H2,1-2H3. The van der Waals surface area contributed by atoms with E-state index in [2.05, 4.69) is 52.9 Å². The summed E-state index contributed by atoms with van der Waals surface area (Å²) in [5.74, 6) is 1.35. The second-order valence-corrected chi connectivity index (χ2v) is 10.0. The minimum atomic E-state index is 0.0350. The van der Waals surface area contributed by atoms with Gasteiger partial charge in [0, 0.05) is 43.1 Å². The van der Waals surface area contributed by atoms with Crippen LogP contribution < -0.4 is 4.90 Å². The lowest BCUT2D eigenvalue weighted by Crippen LogP contribution is -2.48. The van der Waals surface area contributed by atoms with Gasteiger partial charge in [0.05, 0.1) is 0 Å². The molecule has 6 nitrogen and oxygen atoms in total. The van der Waals surface area contributed by atoms with E-state index in [1.165, 1.54) is 37.9 Å². The second-order valence-electron chi connectivity index (χ2n) is 10.0. The number of benzene rings is 2. The van der Waals surface area contributed by atoms with Crippen LogP contribution in [-0.4, -0.2) is 64.4 Å². The summed E-state index contributed by atoms with van der Waals surface area (Å²) in [7, 11) is 0. The van der Waals surface area contributed by atoms with E-state index in [-0.39, 0.29) is 5.91 Å². The Kier molecular flexibility index (Phi) is 7.61. The van der Waals surface area contributed by atoms with Crippen molar-refractivity contribution >= 4 is 17.4 Å². The maximum Gasteiger partial charge on any atom is 0.259 e. The minimum absolute atomic E-state index is 0.0350. The number of rotatable bonds is 6. The van der Waals surface area contributed by atoms with Crippen LogP contribution in [0.2, 0.25) is 0 Å². The van der Waals surface area contributed by atoms with Crippen LogP contribution in [0.25, 0.3) is 11.4 Å². The molecule has 36 heavy (non-hydrogen) atoms. The van der Waals surface area contributed by atoms with Gasteiger partial charge in [-0.1, -0.05) is 48.9 Å². The molecule has 2 aliphatic rings. The molecular formula is C30H37N5O. The molecule has 5 rings (SSSR count). The first kappa shape index (κ1) is 24.4. The summed E-state index contributed by atoms with van der Waals surface area (Å²) >= 11 is 0. The number of aryl methyl sites for hydroxylation is 1. The number of likely N-dealkylation sites (tertiary alicyclic amines) is 2. The van der Waals surface area contributed by atoms with Gasteiger partial charge in [-0.05, 0) is 70.3 Å². The first-order chi connectivity index (χ1) is 17.6. The molecular weight excluding hydrogens is 446 g/mol. The molecule has 0 saturated carbocycles. The highest BCUT2D eigenvalue weighted by Crippen LogP contribution is 2.31. The summed E-state index contributed by atoms with van der Waals surface area (Å²) < 4.78 is 0. The number of piperidine rings is 2. The van der Waals surface area contributed by atoms with Crippen LogP contribution in [-0.2, 0) is 0 Å². The molecule has 0 aliphatic carbocycles. The van der Waals surface area contributed by atoms with Crippen molar-refractivity contribution in [1.82, 2.24) is 19.8 Å². The lowest BCUT2D eigenvalue weighted by Gasteiger charge is -2.40. The fourth-order valence-electron chi connectivity index (χ4n) is 5.59. The monoisotopic (exact) mass is 483 g/mol. The van der Waals surface area contributed by atoms with Crippen LogP contribution in [0.15, 0.2) is 60.8 Å². The van der Waals surface area contributed by atoms with Gasteiger partial charge in [0.25, 0.3) is 5.91 Å². The number of nitrogens with zero attached hydrogens (tertiary/aromatic N) is 5. The molecule has 1 amide bonds. The quantitative estimate of drug-likeness (QED) is 0.450. The van der Waals surface area contributed by atoms with E-state index < -0.39 is 0 Å². The minimum Gasteiger partial charge on any atom is -0.338 e. The van der Waals surface area contributed by atoms with Crippen molar-refractivity contribution in [2.24, 2.45) is 0 Å². The molecule has 0 N–H and O–H groups in total. The number of hydrogen-bond donors (Lipinski definition) is 0. The molecule has 0 bridgehead atoms. The van der Waals surface area contributed by atoms with E-state index in [1.807, 2.05) is 35.2 Å². The average molecular weight is 484 g/mol. The van der Waals surface area contributed by atoms with Gasteiger partial charge in [-0.3, -0.25) is 4.79 Å². The van der Waals surface area contributed by atoms with E-state index in [0.29, 0.717) is 29.8 Å². The normalized spacial score (nSPS) is 17.2. The van der Waals surface area contributed by atoms with E-state index in [9.17, 15) is 4.79 Å². The predicted octanol–water partition coefficient (Wildman–Crippen LogP) is 5.70. The second kappa shape index (κ2) is 11.2. The van der Waals surface area contributed by atoms with Crippen LogP contribution in [0.3, 0.4) is 0 Å². The summed E-state index contributed by atoms with van der Waals surface area (Å²) in [4.78, 5) is 30.3. The zero-order valence-electron chi connectivity index (χ0n) is 21.6. The molecule has 0 spiro atoms. The van der Waals surface area contributed by atoms with Crippen molar-refractivity contribution in [3.63, 3.8) is 0 Å². The van der Waals surface area contributed by atoms with Gasteiger partial charge in [0.15, 0.2) is 5.82 Å². The van der Waals surface area contributed by atoms with E-state index in [0.717, 1.165) is 37.2 Å². The molecule has 0 atom stereocenters. The van der Waals surface area contributed by atoms with Crippen LogP contribution in [0.1, 0.15) is 54.9 Å². The molecule has 2 aromatic carbocycles. The molecule has 2 fully saturated rings. The van der Waals surface area contributed by atoms with Gasteiger partial charge in [-0.2, -0.15) is 0 Å². The Morgan fingerprint density at radius 3 is 2.42 bits per heavy atom. The Labute approximate surface area is 215 Å². The predicted molar refractivity (Wildman–Crippen MR) is 146 cm³/mol. The number of carbonyl (C=O) groups excluding carboxylic acids is 1. The first-order valence-electron chi connectivity index (χ1n) is 13.4. The maximum absolute atomic E-state index is 13.9. The molecule has 0 radical (unpaired) electrons. The highest BCUT2D eigenvalue weighted by molar-refractivity contribution is 5.99. The smallest absolute Gasteiger partial charge is 0.259 e. The molecule has 2 saturated heterocycles. The number of aromatic nitrogens is 2. The van der Waals surface area contributed by atoms with Gasteiger partial charge < -0.3 is 14.7 Å². The highest BCUT2D eigenvalue weighted by atomic mass is 16.2. The van der Waals surface area contributed by atoms with Crippen LogP contribution in [0.5, 0.6) is 0 Å². The molecule has 3 heterocycles. The molecule has 188 valence electrons. The zero-order chi connectivity index (χ0) is 24.9. The number of hydrogen-bond acceptors (Lipinski definition) is 5. The van der Waals surface area contributed by atoms with Crippen LogP contribution in [0.4, 0.5) is 11.5 Å². The van der Waals surface area contributed by atoms with Gasteiger partial charge in [-0.15, -0.1) is 0 Å². The SMILES string of the molecule is CCN(c1cccc(C)c1)c1nc(-c2ccccc2)ncc1C(=O)N1CCC(N2CCCCC2)CC1. The number of carbonyl (C=O) groups is 1. The Hall–Kier alpha value is -3.25. The Morgan fingerprint density at radius 1 is 0.972 bits per heavy atom. The summed E-state index contributed by atoms with van der Waals surface area (Å²) in [6.45, 7) is 8.88.